The van der Waals surface area contributed by atoms with Crippen molar-refractivity contribution in [3.05, 3.63) is 0 Å². The van der Waals surface area contributed by atoms with E-state index in [1.807, 2.05) is 13.8 Å². The van der Waals surface area contributed by atoms with Crippen LogP contribution in [-0.2, 0) is 34.8 Å². The summed E-state index contributed by atoms with van der Waals surface area (Å²) in [5, 5.41) is 20.4. The number of aliphatic hydroxyl groups is 2. The first-order chi connectivity index (χ1) is 18.6. The number of rotatable bonds is 24. The summed E-state index contributed by atoms with van der Waals surface area (Å²) >= 11 is -4.41. The molecule has 0 amide bonds. The molecule has 0 aliphatic carbocycles. The quantitative estimate of drug-likeness (QED) is 0.0832. The van der Waals surface area contributed by atoms with Crippen molar-refractivity contribution >= 4 is 43.1 Å². The molecule has 0 aromatic carbocycles. The van der Waals surface area contributed by atoms with Crippen LogP contribution in [0.25, 0.3) is 0 Å². The SMILES string of the molecule is CCCCCCOC(=O)C(O)CC(=O)[O][Sn]([CH2]CCC)([CH2]CCC)[O]C(=O)CC(O)C(=O)OCCCCCC. The van der Waals surface area contributed by atoms with Crippen LogP contribution in [0.5, 0.6) is 0 Å². The molecule has 228 valence electrons. The standard InChI is InChI=1S/2C10H18O5.2C4H9.Sn/c2*1-2-3-4-5-6-15-10(14)8(11)7-9(12)13;2*1-3-4-2;/h2*8,11H,2-7H2,1H3,(H,12,13);2*1,3-4H2,2H3;/q;;;;+2/p-2. The van der Waals surface area contributed by atoms with Gasteiger partial charge in [-0.2, -0.15) is 0 Å². The molecule has 0 aliphatic rings. The maximum atomic E-state index is 12.8. The molecular weight excluding hydrogens is 615 g/mol. The molecule has 0 saturated carbocycles. The van der Waals surface area contributed by atoms with E-state index >= 15 is 0 Å². The van der Waals surface area contributed by atoms with Gasteiger partial charge in [0.1, 0.15) is 0 Å². The number of esters is 2. The predicted octanol–water partition coefficient (Wildman–Crippen LogP) is 4.86. The molecule has 0 aliphatic heterocycles. The summed E-state index contributed by atoms with van der Waals surface area (Å²) in [5.74, 6) is -3.43. The van der Waals surface area contributed by atoms with Gasteiger partial charge in [0.05, 0.1) is 0 Å². The van der Waals surface area contributed by atoms with Crippen LogP contribution >= 0.6 is 0 Å². The van der Waals surface area contributed by atoms with Gasteiger partial charge in [0.25, 0.3) is 0 Å². The first kappa shape index (κ1) is 37.6. The zero-order chi connectivity index (χ0) is 29.5. The van der Waals surface area contributed by atoms with Crippen LogP contribution in [0.15, 0.2) is 0 Å². The van der Waals surface area contributed by atoms with Gasteiger partial charge in [-0.25, -0.2) is 0 Å². The Morgan fingerprint density at radius 3 is 1.26 bits per heavy atom. The van der Waals surface area contributed by atoms with Gasteiger partial charge in [0.15, 0.2) is 0 Å². The van der Waals surface area contributed by atoms with Crippen molar-refractivity contribution in [1.29, 1.82) is 0 Å². The molecule has 0 aromatic rings. The molecule has 2 N–H and O–H groups in total. The van der Waals surface area contributed by atoms with Crippen molar-refractivity contribution < 1.29 is 45.0 Å². The Kier molecular flexibility index (Phi) is 22.5. The van der Waals surface area contributed by atoms with Gasteiger partial charge in [-0.05, 0) is 0 Å². The fourth-order valence-corrected chi connectivity index (χ4v) is 13.8. The van der Waals surface area contributed by atoms with Gasteiger partial charge in [-0.15, -0.1) is 0 Å². The maximum absolute atomic E-state index is 12.8. The van der Waals surface area contributed by atoms with Crippen molar-refractivity contribution in [2.24, 2.45) is 0 Å². The van der Waals surface area contributed by atoms with Crippen molar-refractivity contribution in [2.75, 3.05) is 13.2 Å². The third-order valence-electron chi connectivity index (χ3n) is 6.17. The van der Waals surface area contributed by atoms with Gasteiger partial charge in [0, 0.05) is 0 Å². The van der Waals surface area contributed by atoms with Crippen molar-refractivity contribution in [2.45, 2.75) is 139 Å². The Morgan fingerprint density at radius 2 is 0.923 bits per heavy atom. The van der Waals surface area contributed by atoms with Crippen LogP contribution < -0.4 is 0 Å². The number of aliphatic hydroxyl groups excluding tert-OH is 2. The minimum absolute atomic E-state index is 0.169. The number of carbonyl (C=O) groups is 4. The van der Waals surface area contributed by atoms with Gasteiger partial charge in [-0.1, -0.05) is 0 Å². The van der Waals surface area contributed by atoms with E-state index < -0.39 is 68.1 Å². The van der Waals surface area contributed by atoms with E-state index in [4.69, 9.17) is 15.6 Å². The number of hydrogen-bond donors (Lipinski definition) is 2. The average Bonchev–Trinajstić information content (AvgIpc) is 2.89. The summed E-state index contributed by atoms with van der Waals surface area (Å²) in [7, 11) is 0. The predicted molar refractivity (Wildman–Crippen MR) is 149 cm³/mol. The molecule has 0 aromatic heterocycles. The summed E-state index contributed by atoms with van der Waals surface area (Å²) in [5.41, 5.74) is 0. The van der Waals surface area contributed by atoms with Crippen LogP contribution in [-0.4, -0.2) is 78.7 Å². The van der Waals surface area contributed by atoms with Crippen LogP contribution in [0.2, 0.25) is 8.87 Å². The van der Waals surface area contributed by atoms with E-state index in [1.165, 1.54) is 0 Å². The number of unbranched alkanes of at least 4 members (excludes halogenated alkanes) is 8. The first-order valence-electron chi connectivity index (χ1n) is 14.8. The van der Waals surface area contributed by atoms with E-state index in [0.717, 1.165) is 51.4 Å². The van der Waals surface area contributed by atoms with Crippen molar-refractivity contribution in [3.63, 3.8) is 0 Å². The van der Waals surface area contributed by atoms with E-state index in [0.29, 0.717) is 34.6 Å². The molecule has 0 heterocycles. The van der Waals surface area contributed by atoms with Crippen LogP contribution in [0.1, 0.15) is 118 Å². The Morgan fingerprint density at radius 1 is 0.564 bits per heavy atom. The van der Waals surface area contributed by atoms with E-state index in [9.17, 15) is 29.4 Å². The average molecular weight is 667 g/mol. The second kappa shape index (κ2) is 23.3. The molecule has 0 bridgehead atoms. The van der Waals surface area contributed by atoms with Crippen LogP contribution in [0, 0.1) is 0 Å². The summed E-state index contributed by atoms with van der Waals surface area (Å²) in [6.45, 7) is 8.39. The summed E-state index contributed by atoms with van der Waals surface area (Å²) in [4.78, 5) is 49.7. The van der Waals surface area contributed by atoms with Gasteiger partial charge in [0.2, 0.25) is 0 Å². The van der Waals surface area contributed by atoms with Crippen molar-refractivity contribution in [3.8, 4) is 0 Å². The second-order valence-electron chi connectivity index (χ2n) is 9.96. The Labute approximate surface area is 239 Å². The van der Waals surface area contributed by atoms with Gasteiger partial charge < -0.3 is 0 Å². The normalized spacial score (nSPS) is 12.9. The van der Waals surface area contributed by atoms with Gasteiger partial charge in [-0.3, -0.25) is 0 Å². The molecule has 39 heavy (non-hydrogen) atoms. The van der Waals surface area contributed by atoms with E-state index in [1.54, 1.807) is 0 Å². The first-order valence-corrected chi connectivity index (χ1v) is 21.1. The minimum atomic E-state index is -4.41. The molecule has 0 radical (unpaired) electrons. The Balaban J connectivity index is 5.14. The molecule has 10 nitrogen and oxygen atoms in total. The molecule has 2 atom stereocenters. The Hall–Kier alpha value is -1.40. The van der Waals surface area contributed by atoms with Gasteiger partial charge >= 0.3 is 240 Å². The summed E-state index contributed by atoms with van der Waals surface area (Å²) < 4.78 is 22.5. The van der Waals surface area contributed by atoms with Crippen molar-refractivity contribution in [1.82, 2.24) is 0 Å². The molecule has 11 heteroatoms. The second-order valence-corrected chi connectivity index (χ2v) is 19.2. The molecule has 0 fully saturated rings. The molecule has 0 saturated heterocycles. The van der Waals surface area contributed by atoms with Crippen LogP contribution in [0.3, 0.4) is 0 Å². The third-order valence-corrected chi connectivity index (χ3v) is 16.0. The third kappa shape index (κ3) is 18.5. The van der Waals surface area contributed by atoms with E-state index in [2.05, 4.69) is 13.8 Å². The molecule has 2 unspecified atom stereocenters. The summed E-state index contributed by atoms with van der Waals surface area (Å²) in [6, 6.07) is 0. The topological polar surface area (TPSA) is 146 Å². The zero-order valence-electron chi connectivity index (χ0n) is 24.5. The molecule has 0 spiro atoms. The zero-order valence-corrected chi connectivity index (χ0v) is 27.4. The monoisotopic (exact) mass is 668 g/mol. The fourth-order valence-electron chi connectivity index (χ4n) is 3.82. The number of carbonyl (C=O) groups excluding carboxylic acids is 4. The fraction of sp³-hybridized carbons (Fsp3) is 0.857. The van der Waals surface area contributed by atoms with Crippen LogP contribution in [0.4, 0.5) is 0 Å². The number of ether oxygens (including phenoxy) is 2. The summed E-state index contributed by atoms with van der Waals surface area (Å²) in [6.07, 6.45) is 5.62. The molecule has 0 rings (SSSR count). The number of hydrogen-bond acceptors (Lipinski definition) is 10. The molecular formula is C28H52O10Sn. The van der Waals surface area contributed by atoms with E-state index in [-0.39, 0.29) is 13.2 Å². The Bertz CT molecular complexity index is 642.